The number of carbonyl (C=O) groups is 2. The molecule has 1 aliphatic heterocycles. The summed E-state index contributed by atoms with van der Waals surface area (Å²) in [6.07, 6.45) is 5.12. The van der Waals surface area contributed by atoms with Crippen LogP contribution in [-0.2, 0) is 9.59 Å². The highest BCUT2D eigenvalue weighted by atomic mass is 32.2. The molecule has 2 rings (SSSR count). The summed E-state index contributed by atoms with van der Waals surface area (Å²) in [6, 6.07) is 3.51. The Morgan fingerprint density at radius 3 is 2.85 bits per heavy atom. The molecule has 0 spiro atoms. The number of hydrogen-bond acceptors (Lipinski definition) is 5. The van der Waals surface area contributed by atoms with Gasteiger partial charge in [0.05, 0.1) is 11.2 Å². The van der Waals surface area contributed by atoms with E-state index < -0.39 is 5.97 Å². The van der Waals surface area contributed by atoms with Gasteiger partial charge in [-0.05, 0) is 30.2 Å². The Kier molecular flexibility index (Phi) is 4.75. The van der Waals surface area contributed by atoms with Gasteiger partial charge in [0.15, 0.2) is 0 Å². The normalized spacial score (nSPS) is 17.6. The Morgan fingerprint density at radius 2 is 2.30 bits per heavy atom. The molecule has 0 aromatic carbocycles. The van der Waals surface area contributed by atoms with Crippen molar-refractivity contribution in [1.29, 1.82) is 0 Å². The highest BCUT2D eigenvalue weighted by molar-refractivity contribution is 8.26. The number of rotatable bonds is 5. The lowest BCUT2D eigenvalue weighted by Gasteiger charge is -2.02. The van der Waals surface area contributed by atoms with E-state index in [1.807, 2.05) is 0 Å². The van der Waals surface area contributed by atoms with Crippen LogP contribution in [0.4, 0.5) is 0 Å². The quantitative estimate of drug-likeness (QED) is 0.643. The van der Waals surface area contributed by atoms with Crippen LogP contribution in [0.2, 0.25) is 0 Å². The fraction of sp³-hybridized carbons (Fsp3) is 0.154. The molecular weight excluding hydrogens is 298 g/mol. The SMILES string of the molecule is O=C(O)CCC(/C=C/c1ccco1)=C1\SC(=S)NC1=O. The minimum atomic E-state index is -0.916. The molecule has 5 nitrogen and oxygen atoms in total. The number of thioether (sulfide) groups is 1. The van der Waals surface area contributed by atoms with Crippen molar-refractivity contribution in [3.8, 4) is 0 Å². The van der Waals surface area contributed by atoms with E-state index >= 15 is 0 Å². The van der Waals surface area contributed by atoms with Crippen LogP contribution in [0, 0.1) is 0 Å². The van der Waals surface area contributed by atoms with Crippen LogP contribution in [-0.4, -0.2) is 21.3 Å². The number of nitrogens with one attached hydrogen (secondary N) is 1. The molecule has 1 saturated heterocycles. The molecule has 0 saturated carbocycles. The van der Waals surface area contributed by atoms with Gasteiger partial charge in [0, 0.05) is 6.42 Å². The van der Waals surface area contributed by atoms with Gasteiger partial charge in [-0.1, -0.05) is 30.1 Å². The highest BCUT2D eigenvalue weighted by Crippen LogP contribution is 2.30. The number of allylic oxidation sites excluding steroid dienone is 2. The largest absolute Gasteiger partial charge is 0.481 e. The zero-order valence-corrected chi connectivity index (χ0v) is 11.9. The van der Waals surface area contributed by atoms with Gasteiger partial charge >= 0.3 is 5.97 Å². The fourth-order valence-corrected chi connectivity index (χ4v) is 2.73. The van der Waals surface area contributed by atoms with Gasteiger partial charge in [-0.25, -0.2) is 0 Å². The van der Waals surface area contributed by atoms with Crippen LogP contribution in [0.1, 0.15) is 18.6 Å². The lowest BCUT2D eigenvalue weighted by molar-refractivity contribution is -0.137. The van der Waals surface area contributed by atoms with Crippen molar-refractivity contribution >= 4 is 46.3 Å². The van der Waals surface area contributed by atoms with E-state index in [2.05, 4.69) is 5.32 Å². The van der Waals surface area contributed by atoms with Crippen molar-refractivity contribution in [2.45, 2.75) is 12.8 Å². The van der Waals surface area contributed by atoms with Crippen LogP contribution < -0.4 is 5.32 Å². The molecule has 1 aromatic heterocycles. The first-order chi connectivity index (χ1) is 9.56. The van der Waals surface area contributed by atoms with E-state index in [1.165, 1.54) is 6.26 Å². The van der Waals surface area contributed by atoms with E-state index in [0.29, 0.717) is 20.6 Å². The molecule has 0 unspecified atom stereocenters. The van der Waals surface area contributed by atoms with Gasteiger partial charge in [0.2, 0.25) is 0 Å². The Morgan fingerprint density at radius 1 is 1.50 bits per heavy atom. The first kappa shape index (κ1) is 14.5. The average molecular weight is 309 g/mol. The molecule has 7 heteroatoms. The number of carboxylic acid groups (broad SMARTS) is 1. The summed E-state index contributed by atoms with van der Waals surface area (Å²) < 4.78 is 5.54. The van der Waals surface area contributed by atoms with Crippen LogP contribution in [0.15, 0.2) is 39.4 Å². The number of thiocarbonyl (C=S) groups is 1. The Hall–Kier alpha value is -1.86. The van der Waals surface area contributed by atoms with Gasteiger partial charge < -0.3 is 14.8 Å². The van der Waals surface area contributed by atoms with Gasteiger partial charge in [-0.2, -0.15) is 0 Å². The maximum atomic E-state index is 11.8. The van der Waals surface area contributed by atoms with Crippen LogP contribution in [0.25, 0.3) is 6.08 Å². The molecule has 1 fully saturated rings. The molecule has 20 heavy (non-hydrogen) atoms. The first-order valence-corrected chi connectivity index (χ1v) is 6.98. The number of carboxylic acids is 1. The molecule has 104 valence electrons. The molecule has 0 aliphatic carbocycles. The van der Waals surface area contributed by atoms with Crippen molar-refractivity contribution in [2.24, 2.45) is 0 Å². The molecule has 1 aliphatic rings. The van der Waals surface area contributed by atoms with E-state index in [1.54, 1.807) is 24.3 Å². The molecule has 0 radical (unpaired) electrons. The van der Waals surface area contributed by atoms with E-state index in [-0.39, 0.29) is 18.7 Å². The maximum Gasteiger partial charge on any atom is 0.303 e. The standard InChI is InChI=1S/C13H11NO4S2/c15-10(16)6-4-8(3-5-9-2-1-7-18-9)11-12(17)14-13(19)20-11/h1-3,5,7H,4,6H2,(H,15,16)(H,14,17,19)/b5-3+,11-8-. The molecular formula is C13H11NO4S2. The van der Waals surface area contributed by atoms with Crippen molar-refractivity contribution in [2.75, 3.05) is 0 Å². The van der Waals surface area contributed by atoms with Crippen LogP contribution in [0.5, 0.6) is 0 Å². The Bertz CT molecular complexity index is 602. The summed E-state index contributed by atoms with van der Waals surface area (Å²) in [5, 5.41) is 11.3. The number of aliphatic carboxylic acids is 1. The van der Waals surface area contributed by atoms with Crippen molar-refractivity contribution in [1.82, 2.24) is 5.32 Å². The predicted octanol–water partition coefficient (Wildman–Crippen LogP) is 2.56. The molecule has 1 amide bonds. The third-order valence-electron chi connectivity index (χ3n) is 2.51. The summed E-state index contributed by atoms with van der Waals surface area (Å²) in [5.74, 6) is -0.575. The second-order valence-electron chi connectivity index (χ2n) is 3.94. The number of carbonyl (C=O) groups excluding carboxylic acids is 1. The fourth-order valence-electron chi connectivity index (χ4n) is 1.61. The van der Waals surface area contributed by atoms with Crippen molar-refractivity contribution in [3.05, 3.63) is 40.7 Å². The molecule has 0 atom stereocenters. The summed E-state index contributed by atoms with van der Waals surface area (Å²) in [7, 11) is 0. The zero-order valence-electron chi connectivity index (χ0n) is 10.3. The van der Waals surface area contributed by atoms with Crippen LogP contribution >= 0.6 is 24.0 Å². The minimum absolute atomic E-state index is 0.0536. The predicted molar refractivity (Wildman–Crippen MR) is 80.0 cm³/mol. The van der Waals surface area contributed by atoms with Gasteiger partial charge in [-0.3, -0.25) is 9.59 Å². The maximum absolute atomic E-state index is 11.8. The third kappa shape index (κ3) is 3.82. The van der Waals surface area contributed by atoms with Crippen molar-refractivity contribution in [3.63, 3.8) is 0 Å². The minimum Gasteiger partial charge on any atom is -0.481 e. The lowest BCUT2D eigenvalue weighted by Crippen LogP contribution is -2.18. The van der Waals surface area contributed by atoms with Gasteiger partial charge in [0.25, 0.3) is 5.91 Å². The van der Waals surface area contributed by atoms with E-state index in [9.17, 15) is 9.59 Å². The second kappa shape index (κ2) is 6.53. The summed E-state index contributed by atoms with van der Waals surface area (Å²) >= 11 is 6.08. The van der Waals surface area contributed by atoms with E-state index in [0.717, 1.165) is 11.8 Å². The zero-order chi connectivity index (χ0) is 14.5. The van der Waals surface area contributed by atoms with Gasteiger partial charge in [-0.15, -0.1) is 0 Å². The monoisotopic (exact) mass is 309 g/mol. The molecule has 2 N–H and O–H groups in total. The van der Waals surface area contributed by atoms with Crippen molar-refractivity contribution < 1.29 is 19.1 Å². The van der Waals surface area contributed by atoms with Gasteiger partial charge in [0.1, 0.15) is 10.1 Å². The Balaban J connectivity index is 2.24. The number of amides is 1. The third-order valence-corrected chi connectivity index (χ3v) is 3.80. The number of hydrogen-bond donors (Lipinski definition) is 2. The highest BCUT2D eigenvalue weighted by Gasteiger charge is 2.25. The summed E-state index contributed by atoms with van der Waals surface area (Å²) in [6.45, 7) is 0. The molecule has 1 aromatic rings. The average Bonchev–Trinajstić information content (AvgIpc) is 2.99. The number of furan rings is 1. The van der Waals surface area contributed by atoms with E-state index in [4.69, 9.17) is 21.7 Å². The summed E-state index contributed by atoms with van der Waals surface area (Å²) in [4.78, 5) is 22.9. The lowest BCUT2D eigenvalue weighted by atomic mass is 10.1. The topological polar surface area (TPSA) is 79.5 Å². The second-order valence-corrected chi connectivity index (χ2v) is 5.63. The Labute approximate surface area is 124 Å². The first-order valence-electron chi connectivity index (χ1n) is 5.76. The van der Waals surface area contributed by atoms with Crippen LogP contribution in [0.3, 0.4) is 0 Å². The molecule has 0 bridgehead atoms. The smallest absolute Gasteiger partial charge is 0.303 e. The summed E-state index contributed by atoms with van der Waals surface area (Å²) in [5.41, 5.74) is 0.631. The molecule has 2 heterocycles.